The SMILES string of the molecule is NC12C3CC4CCC15CC1CC6C(CC3C(C4)C65)C2C1. The molecule has 108 valence electrons. The highest BCUT2D eigenvalue weighted by Crippen LogP contribution is 2.83. The molecule has 20 heavy (non-hydrogen) atoms. The Kier molecular flexibility index (Phi) is 1.48. The minimum atomic E-state index is 0.310. The second-order valence-electron chi connectivity index (χ2n) is 10.1. The molecular formula is C19H27N. The summed E-state index contributed by atoms with van der Waals surface area (Å²) in [5.74, 6) is 9.54. The van der Waals surface area contributed by atoms with Crippen molar-refractivity contribution in [2.24, 2.45) is 64.4 Å². The maximum atomic E-state index is 7.48. The second-order valence-corrected chi connectivity index (χ2v) is 10.1. The molecule has 10 rings (SSSR count). The molecule has 0 aromatic carbocycles. The fourth-order valence-electron chi connectivity index (χ4n) is 10.5. The third-order valence-corrected chi connectivity index (χ3v) is 10.4. The van der Waals surface area contributed by atoms with E-state index in [4.69, 9.17) is 5.73 Å². The zero-order chi connectivity index (χ0) is 12.9. The molecule has 0 saturated heterocycles. The van der Waals surface area contributed by atoms with Gasteiger partial charge in [-0.3, -0.25) is 0 Å². The minimum absolute atomic E-state index is 0.310. The van der Waals surface area contributed by atoms with E-state index < -0.39 is 0 Å². The van der Waals surface area contributed by atoms with Gasteiger partial charge in [-0.05, 0) is 110 Å². The molecule has 10 aliphatic rings. The van der Waals surface area contributed by atoms with Crippen LogP contribution in [0, 0.1) is 58.7 Å². The Morgan fingerprint density at radius 2 is 1.45 bits per heavy atom. The van der Waals surface area contributed by atoms with Gasteiger partial charge in [-0.2, -0.15) is 0 Å². The molecule has 10 fully saturated rings. The molecular weight excluding hydrogens is 242 g/mol. The van der Waals surface area contributed by atoms with E-state index >= 15 is 0 Å². The Morgan fingerprint density at radius 1 is 0.750 bits per heavy atom. The summed E-state index contributed by atoms with van der Waals surface area (Å²) in [5.41, 5.74) is 8.42. The Balaban J connectivity index is 1.59. The molecule has 0 aliphatic heterocycles. The lowest BCUT2D eigenvalue weighted by Crippen LogP contribution is -2.84. The van der Waals surface area contributed by atoms with Crippen LogP contribution in [0.1, 0.15) is 51.4 Å². The van der Waals surface area contributed by atoms with E-state index in [1.165, 1.54) is 19.3 Å². The maximum Gasteiger partial charge on any atom is 0.0277 e. The summed E-state index contributed by atoms with van der Waals surface area (Å²) in [6.45, 7) is 0. The van der Waals surface area contributed by atoms with Crippen LogP contribution in [0.5, 0.6) is 0 Å². The zero-order valence-electron chi connectivity index (χ0n) is 12.4. The Labute approximate surface area is 122 Å². The quantitative estimate of drug-likeness (QED) is 0.716. The second kappa shape index (κ2) is 2.77. The summed E-state index contributed by atoms with van der Waals surface area (Å²) in [6, 6.07) is 0. The Morgan fingerprint density at radius 3 is 2.25 bits per heavy atom. The molecule has 0 aromatic heterocycles. The molecule has 0 radical (unpaired) electrons. The van der Waals surface area contributed by atoms with Crippen LogP contribution in [0.25, 0.3) is 0 Å². The van der Waals surface area contributed by atoms with Crippen molar-refractivity contribution in [3.05, 3.63) is 0 Å². The molecule has 11 bridgehead atoms. The van der Waals surface area contributed by atoms with Crippen LogP contribution in [0.2, 0.25) is 0 Å². The molecule has 11 unspecified atom stereocenters. The lowest BCUT2D eigenvalue weighted by atomic mass is 9.23. The topological polar surface area (TPSA) is 26.0 Å². The van der Waals surface area contributed by atoms with E-state index in [9.17, 15) is 0 Å². The van der Waals surface area contributed by atoms with Crippen molar-refractivity contribution in [3.8, 4) is 0 Å². The normalized spacial score (nSPS) is 77.5. The van der Waals surface area contributed by atoms with Crippen LogP contribution in [0.15, 0.2) is 0 Å². The van der Waals surface area contributed by atoms with E-state index in [0.29, 0.717) is 11.0 Å². The molecule has 0 aromatic rings. The summed E-state index contributed by atoms with van der Waals surface area (Å²) < 4.78 is 0. The highest BCUT2D eigenvalue weighted by molar-refractivity contribution is 5.32. The van der Waals surface area contributed by atoms with E-state index in [-0.39, 0.29) is 0 Å². The fourth-order valence-corrected chi connectivity index (χ4v) is 10.5. The van der Waals surface area contributed by atoms with Gasteiger partial charge in [0.25, 0.3) is 0 Å². The first-order chi connectivity index (χ1) is 9.72. The summed E-state index contributed by atoms with van der Waals surface area (Å²) in [6.07, 6.45) is 12.5. The van der Waals surface area contributed by atoms with Crippen molar-refractivity contribution >= 4 is 0 Å². The molecule has 1 spiro atoms. The monoisotopic (exact) mass is 269 g/mol. The molecule has 10 aliphatic carbocycles. The first kappa shape index (κ1) is 10.6. The highest BCUT2D eigenvalue weighted by Gasteiger charge is 2.81. The number of nitrogens with two attached hydrogens (primary N) is 1. The average molecular weight is 269 g/mol. The van der Waals surface area contributed by atoms with E-state index in [1.54, 1.807) is 32.1 Å². The van der Waals surface area contributed by atoms with Crippen LogP contribution in [-0.2, 0) is 0 Å². The lowest BCUT2D eigenvalue weighted by molar-refractivity contribution is -0.317. The summed E-state index contributed by atoms with van der Waals surface area (Å²) >= 11 is 0. The van der Waals surface area contributed by atoms with Crippen LogP contribution in [-0.4, -0.2) is 5.54 Å². The largest absolute Gasteiger partial charge is 0.324 e. The number of hydrogen-bond donors (Lipinski definition) is 1. The van der Waals surface area contributed by atoms with Gasteiger partial charge in [0.05, 0.1) is 0 Å². The summed E-state index contributed by atoms with van der Waals surface area (Å²) in [5, 5.41) is 0. The summed E-state index contributed by atoms with van der Waals surface area (Å²) in [4.78, 5) is 0. The van der Waals surface area contributed by atoms with Crippen molar-refractivity contribution in [1.29, 1.82) is 0 Å². The van der Waals surface area contributed by atoms with Gasteiger partial charge < -0.3 is 5.73 Å². The van der Waals surface area contributed by atoms with E-state index in [1.807, 2.05) is 0 Å². The number of hydrogen-bond acceptors (Lipinski definition) is 1. The van der Waals surface area contributed by atoms with Crippen molar-refractivity contribution in [3.63, 3.8) is 0 Å². The summed E-state index contributed by atoms with van der Waals surface area (Å²) in [7, 11) is 0. The third-order valence-electron chi connectivity index (χ3n) is 10.4. The van der Waals surface area contributed by atoms with Gasteiger partial charge in [0.1, 0.15) is 0 Å². The third kappa shape index (κ3) is 0.769. The predicted octanol–water partition coefficient (Wildman–Crippen LogP) is 3.43. The smallest absolute Gasteiger partial charge is 0.0277 e. The van der Waals surface area contributed by atoms with E-state index in [0.717, 1.165) is 53.3 Å². The van der Waals surface area contributed by atoms with Gasteiger partial charge >= 0.3 is 0 Å². The molecule has 0 heterocycles. The fraction of sp³-hybridized carbons (Fsp3) is 1.00. The van der Waals surface area contributed by atoms with Gasteiger partial charge in [0.15, 0.2) is 0 Å². The first-order valence-electron chi connectivity index (χ1n) is 9.51. The van der Waals surface area contributed by atoms with Crippen LogP contribution >= 0.6 is 0 Å². The Bertz CT molecular complexity index is 528. The van der Waals surface area contributed by atoms with Crippen LogP contribution in [0.3, 0.4) is 0 Å². The van der Waals surface area contributed by atoms with Gasteiger partial charge in [-0.1, -0.05) is 0 Å². The standard InChI is InChI=1S/C19H27N/c20-19-15-5-9-1-2-18(19)8-10-4-14-12(16(19)6-10)7-11(15)13(3-9)17(14)18/h9-17H,1-8,20H2. The van der Waals surface area contributed by atoms with Crippen molar-refractivity contribution in [2.75, 3.05) is 0 Å². The van der Waals surface area contributed by atoms with Crippen molar-refractivity contribution in [2.45, 2.75) is 56.9 Å². The van der Waals surface area contributed by atoms with Crippen LogP contribution < -0.4 is 5.73 Å². The average Bonchev–Trinajstić information content (AvgIpc) is 2.65. The lowest BCUT2D eigenvalue weighted by Gasteiger charge is -2.82. The van der Waals surface area contributed by atoms with Gasteiger partial charge in [-0.15, -0.1) is 0 Å². The molecule has 10 saturated carbocycles. The number of rotatable bonds is 0. The van der Waals surface area contributed by atoms with Gasteiger partial charge in [0, 0.05) is 5.54 Å². The Hall–Kier alpha value is -0.0400. The molecule has 2 N–H and O–H groups in total. The van der Waals surface area contributed by atoms with E-state index in [2.05, 4.69) is 0 Å². The predicted molar refractivity (Wildman–Crippen MR) is 77.7 cm³/mol. The van der Waals surface area contributed by atoms with Gasteiger partial charge in [0.2, 0.25) is 0 Å². The van der Waals surface area contributed by atoms with Crippen molar-refractivity contribution in [1.82, 2.24) is 0 Å². The molecule has 11 atom stereocenters. The number of fused-ring (bicyclic) bond motifs is 1. The molecule has 1 heteroatoms. The highest BCUT2D eigenvalue weighted by atomic mass is 15.0. The molecule has 1 nitrogen and oxygen atoms in total. The zero-order valence-corrected chi connectivity index (χ0v) is 12.4. The maximum absolute atomic E-state index is 7.48. The van der Waals surface area contributed by atoms with Gasteiger partial charge in [-0.25, -0.2) is 0 Å². The van der Waals surface area contributed by atoms with Crippen LogP contribution in [0.4, 0.5) is 0 Å². The molecule has 0 amide bonds. The first-order valence-corrected chi connectivity index (χ1v) is 9.51. The minimum Gasteiger partial charge on any atom is -0.324 e. The van der Waals surface area contributed by atoms with Crippen molar-refractivity contribution < 1.29 is 0 Å².